The number of anilines is 2. The van der Waals surface area contributed by atoms with Crippen molar-refractivity contribution in [2.24, 2.45) is 0 Å². The molecule has 0 atom stereocenters. The first-order chi connectivity index (χ1) is 14.3. The SMILES string of the molecule is CCN(CC)C(=O)CN(C)CC(=O)Nc1ccccc1C(=O)Nc1cccc(C)c1. The highest BCUT2D eigenvalue weighted by molar-refractivity contribution is 6.10. The molecule has 160 valence electrons. The largest absolute Gasteiger partial charge is 0.342 e. The Morgan fingerprint density at radius 1 is 0.900 bits per heavy atom. The number of nitrogens with zero attached hydrogens (tertiary/aromatic N) is 2. The van der Waals surface area contributed by atoms with Crippen molar-refractivity contribution in [2.45, 2.75) is 20.8 Å². The Morgan fingerprint density at radius 2 is 1.60 bits per heavy atom. The van der Waals surface area contributed by atoms with Crippen LogP contribution in [0.15, 0.2) is 48.5 Å². The summed E-state index contributed by atoms with van der Waals surface area (Å²) in [5.74, 6) is -0.615. The Hall–Kier alpha value is -3.19. The zero-order valence-electron chi connectivity index (χ0n) is 18.1. The third-order valence-corrected chi connectivity index (χ3v) is 4.66. The minimum Gasteiger partial charge on any atom is -0.342 e. The Kier molecular flexibility index (Phi) is 8.55. The maximum Gasteiger partial charge on any atom is 0.257 e. The number of hydrogen-bond donors (Lipinski definition) is 2. The lowest BCUT2D eigenvalue weighted by molar-refractivity contribution is -0.132. The van der Waals surface area contributed by atoms with Gasteiger partial charge in [-0.1, -0.05) is 24.3 Å². The van der Waals surface area contributed by atoms with Gasteiger partial charge in [-0.05, 0) is 57.6 Å². The maximum atomic E-state index is 12.7. The third-order valence-electron chi connectivity index (χ3n) is 4.66. The fraction of sp³-hybridized carbons (Fsp3) is 0.348. The summed E-state index contributed by atoms with van der Waals surface area (Å²) in [6.07, 6.45) is 0. The van der Waals surface area contributed by atoms with Crippen molar-refractivity contribution >= 4 is 29.1 Å². The van der Waals surface area contributed by atoms with Gasteiger partial charge >= 0.3 is 0 Å². The van der Waals surface area contributed by atoms with E-state index in [1.807, 2.05) is 45.0 Å². The van der Waals surface area contributed by atoms with Crippen LogP contribution in [0, 0.1) is 6.92 Å². The molecule has 0 aromatic heterocycles. The summed E-state index contributed by atoms with van der Waals surface area (Å²) >= 11 is 0. The number of amides is 3. The van der Waals surface area contributed by atoms with Crippen molar-refractivity contribution in [3.05, 3.63) is 59.7 Å². The number of carbonyl (C=O) groups is 3. The molecular weight excluding hydrogens is 380 g/mol. The van der Waals surface area contributed by atoms with Crippen LogP contribution in [0.5, 0.6) is 0 Å². The van der Waals surface area contributed by atoms with E-state index in [2.05, 4.69) is 10.6 Å². The van der Waals surface area contributed by atoms with Gasteiger partial charge in [-0.3, -0.25) is 19.3 Å². The van der Waals surface area contributed by atoms with Crippen LogP contribution in [0.3, 0.4) is 0 Å². The van der Waals surface area contributed by atoms with Crippen molar-refractivity contribution in [2.75, 3.05) is 43.9 Å². The predicted octanol–water partition coefficient (Wildman–Crippen LogP) is 2.99. The highest BCUT2D eigenvalue weighted by Crippen LogP contribution is 2.18. The molecule has 0 bridgehead atoms. The summed E-state index contributed by atoms with van der Waals surface area (Å²) in [4.78, 5) is 40.8. The van der Waals surface area contributed by atoms with Gasteiger partial charge in [0.2, 0.25) is 11.8 Å². The number of benzene rings is 2. The molecule has 7 nitrogen and oxygen atoms in total. The maximum absolute atomic E-state index is 12.7. The molecule has 0 saturated carbocycles. The van der Waals surface area contributed by atoms with E-state index in [-0.39, 0.29) is 30.8 Å². The molecular formula is C23H30N4O3. The van der Waals surface area contributed by atoms with E-state index in [9.17, 15) is 14.4 Å². The lowest BCUT2D eigenvalue weighted by atomic mass is 10.1. The van der Waals surface area contributed by atoms with Crippen molar-refractivity contribution < 1.29 is 14.4 Å². The summed E-state index contributed by atoms with van der Waals surface area (Å²) in [6.45, 7) is 7.27. The van der Waals surface area contributed by atoms with E-state index in [1.165, 1.54) is 0 Å². The van der Waals surface area contributed by atoms with Crippen molar-refractivity contribution in [3.63, 3.8) is 0 Å². The second kappa shape index (κ2) is 11.1. The van der Waals surface area contributed by atoms with E-state index in [1.54, 1.807) is 41.1 Å². The number of nitrogens with one attached hydrogen (secondary N) is 2. The molecule has 0 fully saturated rings. The summed E-state index contributed by atoms with van der Waals surface area (Å²) < 4.78 is 0. The van der Waals surface area contributed by atoms with Crippen LogP contribution >= 0.6 is 0 Å². The molecule has 30 heavy (non-hydrogen) atoms. The zero-order chi connectivity index (χ0) is 22.1. The molecule has 3 amide bonds. The van der Waals surface area contributed by atoms with E-state index in [0.717, 1.165) is 5.56 Å². The molecule has 2 N–H and O–H groups in total. The molecule has 0 aliphatic heterocycles. The Labute approximate surface area is 178 Å². The van der Waals surface area contributed by atoms with Crippen molar-refractivity contribution in [3.8, 4) is 0 Å². The Bertz CT molecular complexity index is 894. The number of aryl methyl sites for hydroxylation is 1. The summed E-state index contributed by atoms with van der Waals surface area (Å²) in [6, 6.07) is 14.4. The Morgan fingerprint density at radius 3 is 2.27 bits per heavy atom. The molecule has 0 spiro atoms. The Balaban J connectivity index is 2.00. The summed E-state index contributed by atoms with van der Waals surface area (Å²) in [5, 5.41) is 5.64. The lowest BCUT2D eigenvalue weighted by Crippen LogP contribution is -2.41. The van der Waals surface area contributed by atoms with E-state index < -0.39 is 0 Å². The molecule has 0 aliphatic carbocycles. The van der Waals surface area contributed by atoms with Gasteiger partial charge in [0.25, 0.3) is 5.91 Å². The monoisotopic (exact) mass is 410 g/mol. The fourth-order valence-corrected chi connectivity index (χ4v) is 3.11. The van der Waals surface area contributed by atoms with Crippen LogP contribution in [0.4, 0.5) is 11.4 Å². The molecule has 2 rings (SSSR count). The first kappa shape index (κ1) is 23.1. The van der Waals surface area contributed by atoms with E-state index >= 15 is 0 Å². The van der Waals surface area contributed by atoms with E-state index in [4.69, 9.17) is 0 Å². The normalized spacial score (nSPS) is 10.6. The van der Waals surface area contributed by atoms with Crippen LogP contribution in [0.25, 0.3) is 0 Å². The second-order valence-electron chi connectivity index (χ2n) is 7.16. The third kappa shape index (κ3) is 6.70. The van der Waals surface area contributed by atoms with Gasteiger partial charge in [0.15, 0.2) is 0 Å². The van der Waals surface area contributed by atoms with Gasteiger partial charge in [0.05, 0.1) is 24.3 Å². The molecule has 7 heteroatoms. The molecule has 0 radical (unpaired) electrons. The first-order valence-electron chi connectivity index (χ1n) is 10.1. The second-order valence-corrected chi connectivity index (χ2v) is 7.16. The van der Waals surface area contributed by atoms with Gasteiger partial charge in [-0.25, -0.2) is 0 Å². The van der Waals surface area contributed by atoms with Crippen LogP contribution in [-0.2, 0) is 9.59 Å². The predicted molar refractivity (Wildman–Crippen MR) is 120 cm³/mol. The summed E-state index contributed by atoms with van der Waals surface area (Å²) in [7, 11) is 1.72. The lowest BCUT2D eigenvalue weighted by Gasteiger charge is -2.22. The van der Waals surface area contributed by atoms with Gasteiger partial charge in [0, 0.05) is 18.8 Å². The standard InChI is InChI=1S/C23H30N4O3/c1-5-27(6-2)22(29)16-26(4)15-21(28)25-20-13-8-7-12-19(20)23(30)24-18-11-9-10-17(3)14-18/h7-14H,5-6,15-16H2,1-4H3,(H,24,30)(H,25,28). The number of hydrogen-bond acceptors (Lipinski definition) is 4. The van der Waals surface area contributed by atoms with Crippen molar-refractivity contribution in [1.29, 1.82) is 0 Å². The summed E-state index contributed by atoms with van der Waals surface area (Å²) in [5.41, 5.74) is 2.53. The number of carbonyl (C=O) groups excluding carboxylic acids is 3. The molecule has 0 heterocycles. The van der Waals surface area contributed by atoms with Crippen LogP contribution < -0.4 is 10.6 Å². The first-order valence-corrected chi connectivity index (χ1v) is 10.1. The van der Waals surface area contributed by atoms with E-state index in [0.29, 0.717) is 30.0 Å². The van der Waals surface area contributed by atoms with Crippen LogP contribution in [0.2, 0.25) is 0 Å². The molecule has 2 aromatic carbocycles. The minimum absolute atomic E-state index is 0.0202. The fourth-order valence-electron chi connectivity index (χ4n) is 3.11. The average molecular weight is 411 g/mol. The molecule has 0 saturated heterocycles. The van der Waals surface area contributed by atoms with Gasteiger partial charge in [-0.15, -0.1) is 0 Å². The van der Waals surface area contributed by atoms with Gasteiger partial charge in [-0.2, -0.15) is 0 Å². The highest BCUT2D eigenvalue weighted by Gasteiger charge is 2.17. The topological polar surface area (TPSA) is 81.8 Å². The zero-order valence-corrected chi connectivity index (χ0v) is 18.1. The van der Waals surface area contributed by atoms with Crippen molar-refractivity contribution in [1.82, 2.24) is 9.80 Å². The van der Waals surface area contributed by atoms with Gasteiger partial charge in [0.1, 0.15) is 0 Å². The smallest absolute Gasteiger partial charge is 0.257 e. The molecule has 0 aliphatic rings. The number of para-hydroxylation sites is 1. The average Bonchev–Trinajstić information content (AvgIpc) is 2.69. The quantitative estimate of drug-likeness (QED) is 0.666. The van der Waals surface area contributed by atoms with Crippen LogP contribution in [-0.4, -0.2) is 60.7 Å². The van der Waals surface area contributed by atoms with Gasteiger partial charge < -0.3 is 15.5 Å². The van der Waals surface area contributed by atoms with Crippen LogP contribution in [0.1, 0.15) is 29.8 Å². The molecule has 2 aromatic rings. The highest BCUT2D eigenvalue weighted by atomic mass is 16.2. The minimum atomic E-state index is -0.304. The molecule has 0 unspecified atom stereocenters. The number of rotatable bonds is 9. The number of likely N-dealkylation sites (N-methyl/N-ethyl adjacent to an activating group) is 2.